The van der Waals surface area contributed by atoms with Gasteiger partial charge in [0.2, 0.25) is 10.7 Å². The number of carbonyl (C=O) groups is 1. The number of nitrogens with zero attached hydrogens (tertiary/aromatic N) is 3. The number of aromatic nitrogens is 3. The standard InChI is InChI=1S/C17H18N4O3S/c1-3-10(4-2)16-20-21-14(18)11(15(24)19-17(21)25-16)7-9-5-6-12(22)13(23)8-9/h5-8,10,23H,3-4,18H2,1-2H3. The van der Waals surface area contributed by atoms with E-state index >= 15 is 0 Å². The molecular weight excluding hydrogens is 340 g/mol. The summed E-state index contributed by atoms with van der Waals surface area (Å²) in [4.78, 5) is 28.2. The number of hydrogen-bond acceptors (Lipinski definition) is 7. The van der Waals surface area contributed by atoms with E-state index < -0.39 is 11.3 Å². The van der Waals surface area contributed by atoms with Crippen LogP contribution in [0.15, 0.2) is 34.4 Å². The lowest BCUT2D eigenvalue weighted by Crippen LogP contribution is -2.17. The quantitative estimate of drug-likeness (QED) is 0.869. The molecule has 3 N–H and O–H groups in total. The van der Waals surface area contributed by atoms with Crippen molar-refractivity contribution < 1.29 is 9.90 Å². The smallest absolute Gasteiger partial charge is 0.283 e. The van der Waals surface area contributed by atoms with E-state index in [-0.39, 0.29) is 17.1 Å². The number of aliphatic hydroxyl groups is 1. The molecule has 7 nitrogen and oxygen atoms in total. The van der Waals surface area contributed by atoms with Crippen LogP contribution in [0.5, 0.6) is 0 Å². The van der Waals surface area contributed by atoms with Gasteiger partial charge in [0, 0.05) is 5.92 Å². The lowest BCUT2D eigenvalue weighted by atomic mass is 10.1. The predicted molar refractivity (Wildman–Crippen MR) is 97.7 cm³/mol. The Morgan fingerprint density at radius 1 is 1.32 bits per heavy atom. The van der Waals surface area contributed by atoms with Crippen LogP contribution < -0.4 is 11.3 Å². The molecule has 0 aromatic carbocycles. The number of ketones is 1. The molecule has 8 heteroatoms. The molecule has 0 unspecified atom stereocenters. The summed E-state index contributed by atoms with van der Waals surface area (Å²) < 4.78 is 1.48. The summed E-state index contributed by atoms with van der Waals surface area (Å²) in [7, 11) is 0. The molecule has 0 atom stereocenters. The first-order valence-corrected chi connectivity index (χ1v) is 8.80. The molecule has 0 fully saturated rings. The van der Waals surface area contributed by atoms with Crippen LogP contribution in [0.4, 0.5) is 5.82 Å². The maximum absolute atomic E-state index is 12.3. The van der Waals surface area contributed by atoms with E-state index in [4.69, 9.17) is 5.73 Å². The van der Waals surface area contributed by atoms with Gasteiger partial charge in [0.25, 0.3) is 5.56 Å². The monoisotopic (exact) mass is 358 g/mol. The molecule has 0 spiro atoms. The van der Waals surface area contributed by atoms with Crippen LogP contribution in [0.1, 0.15) is 43.2 Å². The Kier molecular flexibility index (Phi) is 4.54. The van der Waals surface area contributed by atoms with Crippen LogP contribution in [-0.2, 0) is 4.79 Å². The summed E-state index contributed by atoms with van der Waals surface area (Å²) in [5, 5.41) is 14.9. The highest BCUT2D eigenvalue weighted by molar-refractivity contribution is 7.16. The lowest BCUT2D eigenvalue weighted by Gasteiger charge is -2.06. The Balaban J connectivity index is 2.13. The normalized spacial score (nSPS) is 16.2. The number of nitrogens with two attached hydrogens (primary N) is 1. The second kappa shape index (κ2) is 6.64. The van der Waals surface area contributed by atoms with Gasteiger partial charge in [-0.3, -0.25) is 9.59 Å². The summed E-state index contributed by atoms with van der Waals surface area (Å²) in [5.74, 6) is -0.375. The first-order chi connectivity index (χ1) is 11.9. The minimum absolute atomic E-state index is 0.178. The molecule has 0 amide bonds. The Bertz CT molecular complexity index is 993. The van der Waals surface area contributed by atoms with Gasteiger partial charge in [-0.05, 0) is 36.6 Å². The van der Waals surface area contributed by atoms with Gasteiger partial charge in [-0.25, -0.2) is 0 Å². The van der Waals surface area contributed by atoms with Gasteiger partial charge in [0.1, 0.15) is 10.8 Å². The summed E-state index contributed by atoms with van der Waals surface area (Å²) in [6.45, 7) is 4.18. The van der Waals surface area contributed by atoms with E-state index in [1.807, 2.05) is 0 Å². The van der Waals surface area contributed by atoms with Crippen molar-refractivity contribution in [3.8, 4) is 0 Å². The number of nitrogen functional groups attached to an aromatic ring is 1. The SMILES string of the molecule is CCC(CC)c1nn2c(N)c(C=C3C=CC(=O)C(O)=C3)c(=O)nc2s1. The molecule has 0 bridgehead atoms. The van der Waals surface area contributed by atoms with Gasteiger partial charge in [-0.2, -0.15) is 14.6 Å². The highest BCUT2D eigenvalue weighted by Gasteiger charge is 2.18. The molecule has 1 aliphatic rings. The molecule has 2 aromatic rings. The van der Waals surface area contributed by atoms with Crippen LogP contribution in [-0.4, -0.2) is 25.5 Å². The zero-order valence-corrected chi connectivity index (χ0v) is 14.7. The predicted octanol–water partition coefficient (Wildman–Crippen LogP) is 2.60. The minimum Gasteiger partial charge on any atom is -0.504 e. The van der Waals surface area contributed by atoms with Crippen molar-refractivity contribution in [2.45, 2.75) is 32.6 Å². The third kappa shape index (κ3) is 3.12. The summed E-state index contributed by atoms with van der Waals surface area (Å²) in [6.07, 6.45) is 7.41. The van der Waals surface area contributed by atoms with Gasteiger partial charge in [0.15, 0.2) is 5.76 Å². The molecule has 2 aromatic heterocycles. The lowest BCUT2D eigenvalue weighted by molar-refractivity contribution is -0.113. The average molecular weight is 358 g/mol. The molecule has 0 radical (unpaired) electrons. The fraction of sp³-hybridized carbons (Fsp3) is 0.294. The van der Waals surface area contributed by atoms with Crippen LogP contribution >= 0.6 is 11.3 Å². The molecule has 0 saturated heterocycles. The third-order valence-electron chi connectivity index (χ3n) is 4.14. The Morgan fingerprint density at radius 3 is 2.68 bits per heavy atom. The fourth-order valence-electron chi connectivity index (χ4n) is 2.63. The van der Waals surface area contributed by atoms with Crippen molar-refractivity contribution in [3.05, 3.63) is 50.5 Å². The third-order valence-corrected chi connectivity index (χ3v) is 5.21. The number of fused-ring (bicyclic) bond motifs is 1. The maximum Gasteiger partial charge on any atom is 0.283 e. The molecule has 130 valence electrons. The topological polar surface area (TPSA) is 111 Å². The van der Waals surface area contributed by atoms with Crippen LogP contribution in [0.2, 0.25) is 0 Å². The zero-order chi connectivity index (χ0) is 18.1. The van der Waals surface area contributed by atoms with Crippen molar-refractivity contribution >= 4 is 34.0 Å². The molecular formula is C17H18N4O3S. The van der Waals surface area contributed by atoms with Crippen LogP contribution in [0, 0.1) is 0 Å². The number of aliphatic hydroxyl groups excluding tert-OH is 1. The fourth-order valence-corrected chi connectivity index (χ4v) is 3.79. The Morgan fingerprint density at radius 2 is 2.04 bits per heavy atom. The van der Waals surface area contributed by atoms with Crippen molar-refractivity contribution in [2.24, 2.45) is 0 Å². The van der Waals surface area contributed by atoms with E-state index in [0.717, 1.165) is 17.8 Å². The first kappa shape index (κ1) is 17.1. The summed E-state index contributed by atoms with van der Waals surface area (Å²) >= 11 is 1.37. The van der Waals surface area contributed by atoms with E-state index in [1.54, 1.807) is 0 Å². The largest absolute Gasteiger partial charge is 0.504 e. The molecule has 0 aliphatic heterocycles. The van der Waals surface area contributed by atoms with E-state index in [1.165, 1.54) is 40.2 Å². The molecule has 0 saturated carbocycles. The minimum atomic E-state index is -0.482. The molecule has 1 aliphatic carbocycles. The van der Waals surface area contributed by atoms with Crippen molar-refractivity contribution in [2.75, 3.05) is 5.73 Å². The second-order valence-electron chi connectivity index (χ2n) is 5.74. The number of hydrogen-bond donors (Lipinski definition) is 2. The van der Waals surface area contributed by atoms with E-state index in [0.29, 0.717) is 16.5 Å². The van der Waals surface area contributed by atoms with Gasteiger partial charge >= 0.3 is 0 Å². The van der Waals surface area contributed by atoms with Crippen LogP contribution in [0.25, 0.3) is 11.0 Å². The molecule has 25 heavy (non-hydrogen) atoms. The highest BCUT2D eigenvalue weighted by Crippen LogP contribution is 2.28. The molecule has 2 heterocycles. The zero-order valence-electron chi connectivity index (χ0n) is 13.9. The number of allylic oxidation sites excluding steroid dienone is 4. The first-order valence-electron chi connectivity index (χ1n) is 7.98. The maximum atomic E-state index is 12.3. The van der Waals surface area contributed by atoms with Crippen molar-refractivity contribution in [1.29, 1.82) is 0 Å². The highest BCUT2D eigenvalue weighted by atomic mass is 32.1. The number of carbonyl (C=O) groups excluding carboxylic acids is 1. The van der Waals surface area contributed by atoms with Gasteiger partial charge < -0.3 is 10.8 Å². The Hall–Kier alpha value is -2.74. The van der Waals surface area contributed by atoms with Gasteiger partial charge in [-0.1, -0.05) is 31.3 Å². The second-order valence-corrected chi connectivity index (χ2v) is 6.72. The van der Waals surface area contributed by atoms with Gasteiger partial charge in [0.05, 0.1) is 5.56 Å². The number of rotatable bonds is 4. The summed E-state index contributed by atoms with van der Waals surface area (Å²) in [6, 6.07) is 0. The van der Waals surface area contributed by atoms with Gasteiger partial charge in [-0.15, -0.1) is 0 Å². The Labute approximate surface area is 147 Å². The van der Waals surface area contributed by atoms with E-state index in [9.17, 15) is 14.7 Å². The average Bonchev–Trinajstić information content (AvgIpc) is 2.99. The van der Waals surface area contributed by atoms with Crippen LogP contribution in [0.3, 0.4) is 0 Å². The number of anilines is 1. The van der Waals surface area contributed by atoms with Crippen molar-refractivity contribution in [1.82, 2.24) is 14.6 Å². The van der Waals surface area contributed by atoms with Crippen molar-refractivity contribution in [3.63, 3.8) is 0 Å². The molecule has 3 rings (SSSR count). The van der Waals surface area contributed by atoms with E-state index in [2.05, 4.69) is 23.9 Å². The summed E-state index contributed by atoms with van der Waals surface area (Å²) in [5.41, 5.74) is 6.34.